The highest BCUT2D eigenvalue weighted by Gasteiger charge is 2.11. The summed E-state index contributed by atoms with van der Waals surface area (Å²) in [6, 6.07) is 4.59. The van der Waals surface area contributed by atoms with Crippen LogP contribution in [0.3, 0.4) is 0 Å². The summed E-state index contributed by atoms with van der Waals surface area (Å²) in [7, 11) is 0. The summed E-state index contributed by atoms with van der Waals surface area (Å²) in [5.41, 5.74) is 5.90. The summed E-state index contributed by atoms with van der Waals surface area (Å²) in [5.74, 6) is -1.01. The molecule has 1 amide bonds. The zero-order valence-electron chi connectivity index (χ0n) is 10.2. The maximum absolute atomic E-state index is 11.4. The Morgan fingerprint density at radius 2 is 2.11 bits per heavy atom. The lowest BCUT2D eigenvalue weighted by molar-refractivity contribution is -0.145. The molecule has 0 unspecified atom stereocenters. The van der Waals surface area contributed by atoms with E-state index in [1.165, 1.54) is 12.1 Å². The Balaban J connectivity index is 2.74. The van der Waals surface area contributed by atoms with Gasteiger partial charge < -0.3 is 15.8 Å². The van der Waals surface area contributed by atoms with Crippen molar-refractivity contribution in [2.24, 2.45) is 5.73 Å². The van der Waals surface area contributed by atoms with Crippen molar-refractivity contribution in [3.63, 3.8) is 0 Å². The minimum atomic E-state index is -0.591. The van der Waals surface area contributed by atoms with E-state index in [1.54, 1.807) is 19.9 Å². The predicted octanol–water partition coefficient (Wildman–Crippen LogP) is 1.80. The second-order valence-corrected chi connectivity index (χ2v) is 4.38. The van der Waals surface area contributed by atoms with Crippen LogP contribution >= 0.6 is 11.6 Å². The molecule has 0 atom stereocenters. The summed E-state index contributed by atoms with van der Waals surface area (Å²) in [6.45, 7) is 3.46. The van der Waals surface area contributed by atoms with Crippen LogP contribution in [-0.2, 0) is 9.53 Å². The number of esters is 1. The molecule has 0 bridgehead atoms. The number of hydrogen-bond donors (Lipinski definition) is 2. The summed E-state index contributed by atoms with van der Waals surface area (Å²) < 4.78 is 4.95. The van der Waals surface area contributed by atoms with E-state index in [0.29, 0.717) is 10.7 Å². The van der Waals surface area contributed by atoms with Crippen molar-refractivity contribution < 1.29 is 14.3 Å². The molecule has 0 aliphatic rings. The molecule has 0 aromatic heterocycles. The summed E-state index contributed by atoms with van der Waals surface area (Å²) in [4.78, 5) is 22.5. The number of primary amides is 1. The van der Waals surface area contributed by atoms with Crippen LogP contribution in [0.5, 0.6) is 0 Å². The third-order valence-corrected chi connectivity index (χ3v) is 2.27. The van der Waals surface area contributed by atoms with E-state index in [4.69, 9.17) is 22.1 Å². The number of nitrogens with one attached hydrogen (secondary N) is 1. The largest absolute Gasteiger partial charge is 0.462 e. The van der Waals surface area contributed by atoms with Gasteiger partial charge in [0.25, 0.3) is 5.91 Å². The number of anilines is 1. The monoisotopic (exact) mass is 270 g/mol. The number of carbonyl (C=O) groups is 2. The highest BCUT2D eigenvalue weighted by atomic mass is 35.5. The van der Waals surface area contributed by atoms with Crippen LogP contribution < -0.4 is 11.1 Å². The third kappa shape index (κ3) is 4.25. The Bertz CT molecular complexity index is 461. The fraction of sp³-hybridized carbons (Fsp3) is 0.333. The molecule has 1 aromatic rings. The molecule has 0 radical (unpaired) electrons. The number of nitrogens with two attached hydrogens (primary N) is 1. The number of halogens is 1. The van der Waals surface area contributed by atoms with Crippen LogP contribution in [0.15, 0.2) is 18.2 Å². The van der Waals surface area contributed by atoms with Crippen LogP contribution in [-0.4, -0.2) is 24.5 Å². The highest BCUT2D eigenvalue weighted by molar-refractivity contribution is 6.31. The van der Waals surface area contributed by atoms with Gasteiger partial charge in [-0.05, 0) is 32.0 Å². The molecule has 1 aromatic carbocycles. The Kier molecular flexibility index (Phi) is 4.97. The lowest BCUT2D eigenvalue weighted by Crippen LogP contribution is -2.22. The second kappa shape index (κ2) is 6.26. The fourth-order valence-electron chi connectivity index (χ4n) is 1.35. The van der Waals surface area contributed by atoms with Gasteiger partial charge in [0.15, 0.2) is 0 Å². The molecule has 0 heterocycles. The van der Waals surface area contributed by atoms with E-state index < -0.39 is 11.9 Å². The molecule has 0 aliphatic heterocycles. The van der Waals surface area contributed by atoms with Crippen molar-refractivity contribution in [1.29, 1.82) is 0 Å². The van der Waals surface area contributed by atoms with Gasteiger partial charge in [-0.15, -0.1) is 0 Å². The number of benzene rings is 1. The molecule has 0 saturated carbocycles. The van der Waals surface area contributed by atoms with E-state index in [1.807, 2.05) is 0 Å². The molecule has 5 nitrogen and oxygen atoms in total. The van der Waals surface area contributed by atoms with Gasteiger partial charge >= 0.3 is 5.97 Å². The lowest BCUT2D eigenvalue weighted by atomic mass is 10.1. The highest BCUT2D eigenvalue weighted by Crippen LogP contribution is 2.20. The first-order chi connectivity index (χ1) is 8.40. The van der Waals surface area contributed by atoms with Crippen LogP contribution in [0, 0.1) is 0 Å². The normalized spacial score (nSPS) is 10.2. The number of ether oxygens (including phenoxy) is 1. The number of rotatable bonds is 5. The van der Waals surface area contributed by atoms with Gasteiger partial charge in [0.2, 0.25) is 0 Å². The van der Waals surface area contributed by atoms with E-state index in [-0.39, 0.29) is 18.2 Å². The van der Waals surface area contributed by atoms with E-state index in [2.05, 4.69) is 5.32 Å². The quantitative estimate of drug-likeness (QED) is 0.800. The number of hydrogen-bond acceptors (Lipinski definition) is 4. The van der Waals surface area contributed by atoms with Crippen molar-refractivity contribution in [2.45, 2.75) is 20.0 Å². The lowest BCUT2D eigenvalue weighted by Gasteiger charge is -2.11. The van der Waals surface area contributed by atoms with Crippen LogP contribution in [0.1, 0.15) is 24.2 Å². The molecule has 0 spiro atoms. The van der Waals surface area contributed by atoms with Crippen LogP contribution in [0.2, 0.25) is 5.02 Å². The van der Waals surface area contributed by atoms with E-state index in [9.17, 15) is 9.59 Å². The molecule has 0 saturated heterocycles. The van der Waals surface area contributed by atoms with Gasteiger partial charge in [-0.2, -0.15) is 0 Å². The summed E-state index contributed by atoms with van der Waals surface area (Å²) >= 11 is 5.81. The molecule has 18 heavy (non-hydrogen) atoms. The second-order valence-electron chi connectivity index (χ2n) is 3.95. The van der Waals surface area contributed by atoms with Crippen molar-refractivity contribution in [3.05, 3.63) is 28.8 Å². The molecule has 3 N–H and O–H groups in total. The minimum Gasteiger partial charge on any atom is -0.462 e. The molecule has 0 fully saturated rings. The van der Waals surface area contributed by atoms with Crippen LogP contribution in [0.4, 0.5) is 5.69 Å². The first-order valence-electron chi connectivity index (χ1n) is 5.43. The van der Waals surface area contributed by atoms with E-state index >= 15 is 0 Å². The molecule has 1 rings (SSSR count). The number of amides is 1. The van der Waals surface area contributed by atoms with Gasteiger partial charge in [0, 0.05) is 10.7 Å². The molecular formula is C12H15ClN2O3. The van der Waals surface area contributed by atoms with Gasteiger partial charge in [-0.25, -0.2) is 0 Å². The van der Waals surface area contributed by atoms with Gasteiger partial charge in [0.1, 0.15) is 6.54 Å². The van der Waals surface area contributed by atoms with Crippen molar-refractivity contribution in [2.75, 3.05) is 11.9 Å². The zero-order valence-corrected chi connectivity index (χ0v) is 11.0. The third-order valence-electron chi connectivity index (χ3n) is 2.04. The average Bonchev–Trinajstić information content (AvgIpc) is 2.25. The molecule has 0 aliphatic carbocycles. The maximum atomic E-state index is 11.4. The van der Waals surface area contributed by atoms with Crippen molar-refractivity contribution >= 4 is 29.2 Å². The Hall–Kier alpha value is -1.75. The molecule has 6 heteroatoms. The number of carbonyl (C=O) groups excluding carboxylic acids is 2. The smallest absolute Gasteiger partial charge is 0.325 e. The van der Waals surface area contributed by atoms with Gasteiger partial charge in [0.05, 0.1) is 11.7 Å². The minimum absolute atomic E-state index is 0.0567. The summed E-state index contributed by atoms with van der Waals surface area (Å²) in [5, 5.41) is 3.22. The van der Waals surface area contributed by atoms with E-state index in [0.717, 1.165) is 0 Å². The van der Waals surface area contributed by atoms with Crippen molar-refractivity contribution in [3.8, 4) is 0 Å². The average molecular weight is 271 g/mol. The zero-order chi connectivity index (χ0) is 13.7. The first-order valence-corrected chi connectivity index (χ1v) is 5.80. The summed E-state index contributed by atoms with van der Waals surface area (Å²) in [6.07, 6.45) is -0.186. The standard InChI is InChI=1S/C12H15ClN2O3/c1-7(2)18-11(16)6-15-10-5-8(13)3-4-9(10)12(14)17/h3-5,7,15H,6H2,1-2H3,(H2,14,17). The maximum Gasteiger partial charge on any atom is 0.325 e. The Morgan fingerprint density at radius 1 is 1.44 bits per heavy atom. The van der Waals surface area contributed by atoms with Crippen molar-refractivity contribution in [1.82, 2.24) is 0 Å². The fourth-order valence-corrected chi connectivity index (χ4v) is 1.52. The Morgan fingerprint density at radius 3 is 2.67 bits per heavy atom. The predicted molar refractivity (Wildman–Crippen MR) is 69.7 cm³/mol. The van der Waals surface area contributed by atoms with Gasteiger partial charge in [-0.3, -0.25) is 9.59 Å². The first kappa shape index (κ1) is 14.3. The SMILES string of the molecule is CC(C)OC(=O)CNc1cc(Cl)ccc1C(N)=O. The topological polar surface area (TPSA) is 81.4 Å². The Labute approximate surface area is 110 Å². The molecular weight excluding hydrogens is 256 g/mol. The van der Waals surface area contributed by atoms with Crippen LogP contribution in [0.25, 0.3) is 0 Å². The molecule has 98 valence electrons. The van der Waals surface area contributed by atoms with Gasteiger partial charge in [-0.1, -0.05) is 11.6 Å².